The molecular formula is C20H29NO3. The summed E-state index contributed by atoms with van der Waals surface area (Å²) in [6.45, 7) is 5.07. The molecule has 4 nitrogen and oxygen atoms in total. The molecule has 2 N–H and O–H groups in total. The number of amides is 1. The predicted molar refractivity (Wildman–Crippen MR) is 94.6 cm³/mol. The quantitative estimate of drug-likeness (QED) is 0.803. The molecule has 4 heteroatoms. The van der Waals surface area contributed by atoms with Crippen molar-refractivity contribution in [3.63, 3.8) is 0 Å². The summed E-state index contributed by atoms with van der Waals surface area (Å²) in [5, 5.41) is 12.2. The number of aliphatic carboxylic acids is 1. The molecule has 1 aliphatic carbocycles. The summed E-state index contributed by atoms with van der Waals surface area (Å²) < 4.78 is 0. The van der Waals surface area contributed by atoms with Crippen LogP contribution in [-0.4, -0.2) is 23.5 Å². The topological polar surface area (TPSA) is 66.4 Å². The second-order valence-electron chi connectivity index (χ2n) is 7.33. The highest BCUT2D eigenvalue weighted by Crippen LogP contribution is 2.29. The van der Waals surface area contributed by atoms with Crippen LogP contribution in [0.2, 0.25) is 0 Å². The van der Waals surface area contributed by atoms with Gasteiger partial charge in [0.2, 0.25) is 5.91 Å². The monoisotopic (exact) mass is 331 g/mol. The molecule has 0 saturated heterocycles. The third-order valence-corrected chi connectivity index (χ3v) is 5.27. The van der Waals surface area contributed by atoms with Gasteiger partial charge < -0.3 is 10.4 Å². The largest absolute Gasteiger partial charge is 0.481 e. The van der Waals surface area contributed by atoms with Crippen LogP contribution in [0, 0.1) is 23.7 Å². The van der Waals surface area contributed by atoms with Crippen LogP contribution in [0.1, 0.15) is 45.1 Å². The number of carboxylic acids is 1. The zero-order valence-electron chi connectivity index (χ0n) is 14.7. The third kappa shape index (κ3) is 5.36. The number of nitrogens with one attached hydrogen (secondary N) is 1. The molecule has 1 atom stereocenters. The van der Waals surface area contributed by atoms with Gasteiger partial charge in [-0.2, -0.15) is 0 Å². The Morgan fingerprint density at radius 3 is 2.21 bits per heavy atom. The molecule has 24 heavy (non-hydrogen) atoms. The highest BCUT2D eigenvalue weighted by Gasteiger charge is 2.30. The van der Waals surface area contributed by atoms with Crippen molar-refractivity contribution < 1.29 is 14.7 Å². The summed E-state index contributed by atoms with van der Waals surface area (Å²) in [7, 11) is 0. The summed E-state index contributed by atoms with van der Waals surface area (Å²) >= 11 is 0. The normalized spacial score (nSPS) is 22.1. The Kier molecular flexibility index (Phi) is 6.83. The number of carbonyl (C=O) groups excluding carboxylic acids is 1. The first-order chi connectivity index (χ1) is 11.5. The summed E-state index contributed by atoms with van der Waals surface area (Å²) in [4.78, 5) is 23.4. The van der Waals surface area contributed by atoms with Crippen LogP contribution in [-0.2, 0) is 16.0 Å². The van der Waals surface area contributed by atoms with Gasteiger partial charge in [-0.3, -0.25) is 9.59 Å². The maximum atomic E-state index is 12.4. The van der Waals surface area contributed by atoms with Crippen LogP contribution in [0.5, 0.6) is 0 Å². The molecule has 1 unspecified atom stereocenters. The lowest BCUT2D eigenvalue weighted by molar-refractivity contribution is -0.144. The van der Waals surface area contributed by atoms with Gasteiger partial charge in [-0.05, 0) is 49.5 Å². The molecule has 0 bridgehead atoms. The molecule has 0 spiro atoms. The molecule has 1 saturated carbocycles. The van der Waals surface area contributed by atoms with E-state index in [1.807, 2.05) is 18.2 Å². The van der Waals surface area contributed by atoms with E-state index >= 15 is 0 Å². The fourth-order valence-electron chi connectivity index (χ4n) is 3.44. The lowest BCUT2D eigenvalue weighted by Gasteiger charge is -2.27. The van der Waals surface area contributed by atoms with Gasteiger partial charge in [-0.1, -0.05) is 44.2 Å². The number of benzene rings is 1. The van der Waals surface area contributed by atoms with Crippen molar-refractivity contribution in [3.05, 3.63) is 35.9 Å². The van der Waals surface area contributed by atoms with Crippen LogP contribution in [0.15, 0.2) is 30.3 Å². The van der Waals surface area contributed by atoms with Crippen molar-refractivity contribution in [1.82, 2.24) is 5.32 Å². The van der Waals surface area contributed by atoms with E-state index in [9.17, 15) is 9.59 Å². The molecule has 1 amide bonds. The Labute approximate surface area is 144 Å². The highest BCUT2D eigenvalue weighted by molar-refractivity contribution is 5.79. The van der Waals surface area contributed by atoms with Crippen molar-refractivity contribution in [2.45, 2.75) is 46.0 Å². The van der Waals surface area contributed by atoms with Gasteiger partial charge in [0.15, 0.2) is 0 Å². The molecule has 0 radical (unpaired) electrons. The van der Waals surface area contributed by atoms with Crippen LogP contribution >= 0.6 is 0 Å². The van der Waals surface area contributed by atoms with Crippen molar-refractivity contribution in [3.8, 4) is 0 Å². The summed E-state index contributed by atoms with van der Waals surface area (Å²) in [6, 6.07) is 10.4. The van der Waals surface area contributed by atoms with Gasteiger partial charge in [0.05, 0.1) is 5.92 Å². The second kappa shape index (κ2) is 8.86. The van der Waals surface area contributed by atoms with Crippen molar-refractivity contribution >= 4 is 11.9 Å². The maximum absolute atomic E-state index is 12.4. The Hall–Kier alpha value is -1.84. The maximum Gasteiger partial charge on any atom is 0.306 e. The van der Waals surface area contributed by atoms with Crippen LogP contribution in [0.3, 0.4) is 0 Å². The molecule has 1 aromatic carbocycles. The van der Waals surface area contributed by atoms with Gasteiger partial charge >= 0.3 is 5.97 Å². The van der Waals surface area contributed by atoms with Crippen LogP contribution in [0.25, 0.3) is 0 Å². The van der Waals surface area contributed by atoms with E-state index < -0.39 is 5.97 Å². The Morgan fingerprint density at radius 1 is 1.08 bits per heavy atom. The van der Waals surface area contributed by atoms with Gasteiger partial charge in [0.25, 0.3) is 0 Å². The van der Waals surface area contributed by atoms with Crippen molar-refractivity contribution in [2.24, 2.45) is 23.7 Å². The number of carbonyl (C=O) groups is 2. The lowest BCUT2D eigenvalue weighted by Crippen LogP contribution is -2.38. The average Bonchev–Trinajstić information content (AvgIpc) is 2.59. The summed E-state index contributed by atoms with van der Waals surface area (Å²) in [5.41, 5.74) is 1.30. The smallest absolute Gasteiger partial charge is 0.306 e. The Morgan fingerprint density at radius 2 is 1.67 bits per heavy atom. The van der Waals surface area contributed by atoms with E-state index in [1.54, 1.807) is 0 Å². The molecular weight excluding hydrogens is 302 g/mol. The molecule has 1 fully saturated rings. The fourth-order valence-corrected chi connectivity index (χ4v) is 3.44. The number of carboxylic acid groups (broad SMARTS) is 1. The number of hydrogen-bond acceptors (Lipinski definition) is 2. The number of hydrogen-bond donors (Lipinski definition) is 2. The molecule has 2 rings (SSSR count). The summed E-state index contributed by atoms with van der Waals surface area (Å²) in [5.74, 6) is -0.0187. The zero-order valence-corrected chi connectivity index (χ0v) is 14.7. The molecule has 1 aromatic rings. The first-order valence-corrected chi connectivity index (χ1v) is 9.01. The minimum Gasteiger partial charge on any atom is -0.481 e. The van der Waals surface area contributed by atoms with E-state index in [-0.39, 0.29) is 17.7 Å². The first kappa shape index (κ1) is 18.5. The minimum absolute atomic E-state index is 0.0230. The number of rotatable bonds is 7. The van der Waals surface area contributed by atoms with Gasteiger partial charge in [0, 0.05) is 12.5 Å². The third-order valence-electron chi connectivity index (χ3n) is 5.27. The Balaban J connectivity index is 1.81. The minimum atomic E-state index is -0.725. The lowest BCUT2D eigenvalue weighted by atomic mass is 9.81. The van der Waals surface area contributed by atoms with E-state index in [4.69, 9.17) is 5.11 Å². The van der Waals surface area contributed by atoms with E-state index in [0.29, 0.717) is 44.1 Å². The molecule has 0 aliphatic heterocycles. The average molecular weight is 331 g/mol. The first-order valence-electron chi connectivity index (χ1n) is 9.01. The van der Waals surface area contributed by atoms with Crippen molar-refractivity contribution in [2.75, 3.05) is 6.54 Å². The van der Waals surface area contributed by atoms with E-state index in [1.165, 1.54) is 5.56 Å². The molecule has 132 valence electrons. The molecule has 1 aliphatic rings. The standard InChI is InChI=1S/C20H29NO3/c1-14(2)18(12-15-6-4-3-5-7-15)13-21-19(22)16-8-10-17(11-9-16)20(23)24/h3-7,14,16-18H,8-13H2,1-2H3,(H,21,22)(H,23,24). The SMILES string of the molecule is CC(C)C(CNC(=O)C1CCC(C(=O)O)CC1)Cc1ccccc1. The molecule has 0 heterocycles. The summed E-state index contributed by atoms with van der Waals surface area (Å²) in [6.07, 6.45) is 3.57. The van der Waals surface area contributed by atoms with Gasteiger partial charge in [-0.15, -0.1) is 0 Å². The van der Waals surface area contributed by atoms with E-state index in [2.05, 4.69) is 31.3 Å². The van der Waals surface area contributed by atoms with Crippen molar-refractivity contribution in [1.29, 1.82) is 0 Å². The fraction of sp³-hybridized carbons (Fsp3) is 0.600. The second-order valence-corrected chi connectivity index (χ2v) is 7.33. The van der Waals surface area contributed by atoms with Crippen LogP contribution in [0.4, 0.5) is 0 Å². The predicted octanol–water partition coefficient (Wildman–Crippen LogP) is 3.51. The van der Waals surface area contributed by atoms with E-state index in [0.717, 1.165) is 6.42 Å². The zero-order chi connectivity index (χ0) is 17.5. The highest BCUT2D eigenvalue weighted by atomic mass is 16.4. The Bertz CT molecular complexity index is 533. The van der Waals surface area contributed by atoms with Crippen LogP contribution < -0.4 is 5.32 Å². The van der Waals surface area contributed by atoms with Gasteiger partial charge in [0.1, 0.15) is 0 Å². The van der Waals surface area contributed by atoms with Gasteiger partial charge in [-0.25, -0.2) is 0 Å². The molecule has 0 aromatic heterocycles.